The molecule has 0 amide bonds. The second kappa shape index (κ2) is 16.5. The van der Waals surface area contributed by atoms with Gasteiger partial charge in [0.2, 0.25) is 0 Å². The number of aryl methyl sites for hydroxylation is 2. The van der Waals surface area contributed by atoms with Crippen LogP contribution in [0.2, 0.25) is 0 Å². The Morgan fingerprint density at radius 2 is 0.866 bits per heavy atom. The Balaban J connectivity index is 1.25. The van der Waals surface area contributed by atoms with Crippen molar-refractivity contribution in [3.63, 3.8) is 0 Å². The van der Waals surface area contributed by atoms with Gasteiger partial charge in [0, 0.05) is 0 Å². The van der Waals surface area contributed by atoms with E-state index in [2.05, 4.69) is 55.8 Å². The summed E-state index contributed by atoms with van der Waals surface area (Å²) in [6, 6.07) is 6.64. The highest BCUT2D eigenvalue weighted by molar-refractivity contribution is 7.87. The molecule has 0 unspecified atom stereocenters. The number of hydrogen-bond acceptors (Lipinski definition) is 24. The number of nitrogens with zero attached hydrogens (tertiary/aromatic N) is 17. The van der Waals surface area contributed by atoms with Crippen LogP contribution in [0.5, 0.6) is 6.01 Å². The summed E-state index contributed by atoms with van der Waals surface area (Å²) < 4.78 is 137. The first-order valence-corrected chi connectivity index (χ1v) is 23.1. The molecule has 36 heteroatoms. The fourth-order valence-electron chi connectivity index (χ4n) is 5.72. The molecular formula is C31H23N19O13S4. The van der Waals surface area contributed by atoms with Crippen LogP contribution in [-0.4, -0.2) is 111 Å². The van der Waals surface area contributed by atoms with Crippen molar-refractivity contribution >= 4 is 75.1 Å². The van der Waals surface area contributed by atoms with Crippen LogP contribution in [0.25, 0.3) is 23.3 Å². The van der Waals surface area contributed by atoms with Crippen LogP contribution in [0.15, 0.2) is 88.8 Å². The molecule has 344 valence electrons. The Morgan fingerprint density at radius 3 is 1.16 bits per heavy atom. The standard InChI is InChI=1S/C31H23N19O13S4/c1-13-23(41-43-27-15(9-32)11-36-47(27)17-3-19(64(52,53)54)7-20(4-17)65(55,56)57)25(34)49(45-13)29-38-30(40-31(51)39-29)50-26(35)24(14(2)46-50)42-44-28-16(10-33)12-37-48(28)18-5-21(66(58,59)60)8-22(6-18)67(61,62)63/h3-8,11-12H,34-35H2,1-2H3,(H,52,53,54)(H,55,56,57)(H,58,59,60)(H,61,62,63)(H,38,39,40,51). The molecule has 2 aromatic carbocycles. The number of nitrogens with two attached hydrogens (primary N) is 2. The summed E-state index contributed by atoms with van der Waals surface area (Å²) in [4.78, 5) is 8.03. The molecule has 7 aromatic rings. The third kappa shape index (κ3) is 9.10. The Hall–Kier alpha value is -8.49. The third-order valence-corrected chi connectivity index (χ3v) is 12.1. The number of hydrogen-bond donors (Lipinski definition) is 7. The van der Waals surface area contributed by atoms with Gasteiger partial charge in [0.1, 0.15) is 23.3 Å². The molecule has 0 aliphatic carbocycles. The average Bonchev–Trinajstić information content (AvgIpc) is 4.00. The number of anilines is 2. The highest BCUT2D eigenvalue weighted by Gasteiger charge is 2.26. The number of nitriles is 2. The molecule has 0 saturated carbocycles. The van der Waals surface area contributed by atoms with Crippen LogP contribution in [0, 0.1) is 36.5 Å². The lowest BCUT2D eigenvalue weighted by atomic mass is 10.3. The van der Waals surface area contributed by atoms with Crippen LogP contribution in [-0.2, 0) is 40.5 Å². The van der Waals surface area contributed by atoms with E-state index in [4.69, 9.17) is 11.5 Å². The summed E-state index contributed by atoms with van der Waals surface area (Å²) in [6.07, 6.45) is 1.92. The van der Waals surface area contributed by atoms with Crippen molar-refractivity contribution in [2.24, 2.45) is 20.5 Å². The van der Waals surface area contributed by atoms with Gasteiger partial charge in [-0.2, -0.15) is 88.9 Å². The maximum Gasteiger partial charge on any atom is 0.320 e. The number of aromatic hydroxyl groups is 1. The van der Waals surface area contributed by atoms with E-state index in [1.54, 1.807) is 12.1 Å². The van der Waals surface area contributed by atoms with E-state index in [1.165, 1.54) is 13.8 Å². The molecule has 7 rings (SSSR count). The van der Waals surface area contributed by atoms with Gasteiger partial charge in [-0.1, -0.05) is 0 Å². The van der Waals surface area contributed by atoms with Gasteiger partial charge in [-0.3, -0.25) is 18.2 Å². The Bertz CT molecular complexity index is 3520. The predicted octanol–water partition coefficient (Wildman–Crippen LogP) is 1.66. The maximum atomic E-state index is 11.9. The lowest BCUT2D eigenvalue weighted by Crippen LogP contribution is -2.13. The van der Waals surface area contributed by atoms with Gasteiger partial charge < -0.3 is 16.6 Å². The normalized spacial score (nSPS) is 12.5. The van der Waals surface area contributed by atoms with E-state index in [-0.39, 0.29) is 45.5 Å². The van der Waals surface area contributed by atoms with Crippen LogP contribution in [0.4, 0.5) is 34.6 Å². The monoisotopic (exact) mass is 997 g/mol. The summed E-state index contributed by atoms with van der Waals surface area (Å²) in [5, 5.41) is 62.5. The van der Waals surface area contributed by atoms with Crippen LogP contribution >= 0.6 is 0 Å². The van der Waals surface area contributed by atoms with E-state index >= 15 is 0 Å². The molecule has 0 radical (unpaired) electrons. The molecule has 0 spiro atoms. The molecule has 0 aliphatic heterocycles. The van der Waals surface area contributed by atoms with Gasteiger partial charge in [-0.25, -0.2) is 9.36 Å². The Kier molecular flexibility index (Phi) is 11.4. The summed E-state index contributed by atoms with van der Waals surface area (Å²) in [5.74, 6) is -2.49. The highest BCUT2D eigenvalue weighted by Crippen LogP contribution is 2.35. The van der Waals surface area contributed by atoms with Crippen molar-refractivity contribution in [1.82, 2.24) is 54.1 Å². The molecular weight excluding hydrogens is 975 g/mol. The fraction of sp³-hybridized carbons (Fsp3) is 0.0645. The molecule has 0 bridgehead atoms. The second-order valence-electron chi connectivity index (χ2n) is 13.1. The quantitative estimate of drug-likeness (QED) is 0.0676. The number of benzene rings is 2. The number of nitrogen functional groups attached to an aromatic ring is 2. The zero-order valence-corrected chi connectivity index (χ0v) is 36.3. The molecule has 0 atom stereocenters. The topological polar surface area (TPSA) is 497 Å². The van der Waals surface area contributed by atoms with Crippen molar-refractivity contribution in [2.75, 3.05) is 11.5 Å². The van der Waals surface area contributed by atoms with Crippen LogP contribution in [0.1, 0.15) is 22.5 Å². The van der Waals surface area contributed by atoms with Gasteiger partial charge in [0.25, 0.3) is 52.4 Å². The zero-order chi connectivity index (χ0) is 49.1. The fourth-order valence-corrected chi connectivity index (χ4v) is 8.05. The maximum absolute atomic E-state index is 11.9. The second-order valence-corrected chi connectivity index (χ2v) is 18.8. The minimum absolute atomic E-state index is 0.0290. The number of aromatic nitrogens is 11. The lowest BCUT2D eigenvalue weighted by molar-refractivity contribution is 0.423. The molecule has 0 fully saturated rings. The van der Waals surface area contributed by atoms with E-state index in [0.29, 0.717) is 12.1 Å². The zero-order valence-electron chi connectivity index (χ0n) is 33.0. The van der Waals surface area contributed by atoms with Gasteiger partial charge >= 0.3 is 6.01 Å². The lowest BCUT2D eigenvalue weighted by Gasteiger charge is -2.08. The van der Waals surface area contributed by atoms with E-state index in [1.807, 2.05) is 0 Å². The smallest absolute Gasteiger partial charge is 0.320 e. The van der Waals surface area contributed by atoms with E-state index < -0.39 is 101 Å². The Labute approximate surface area is 373 Å². The molecule has 0 aliphatic rings. The first kappa shape index (κ1) is 46.5. The number of azo groups is 2. The van der Waals surface area contributed by atoms with Crippen LogP contribution < -0.4 is 11.5 Å². The van der Waals surface area contributed by atoms with Gasteiger partial charge in [-0.05, 0) is 50.2 Å². The molecule has 0 saturated heterocycles. The SMILES string of the molecule is Cc1nn(-c2nc(O)nc(-n3nc(C)c(N=Nc4c(C#N)cnn4-c4cc(S(=O)(=O)O)cc(S(=O)(=O)O)c4)c3N)n2)c(N)c1N=Nc1c(C#N)cnn1-c1cc(S(=O)(=O)O)cc(S(=O)(=O)O)c1. The highest BCUT2D eigenvalue weighted by atomic mass is 32.2. The van der Waals surface area contributed by atoms with Crippen molar-refractivity contribution in [3.8, 4) is 41.4 Å². The molecule has 67 heavy (non-hydrogen) atoms. The van der Waals surface area contributed by atoms with Crippen molar-refractivity contribution in [2.45, 2.75) is 33.4 Å². The van der Waals surface area contributed by atoms with Crippen molar-refractivity contribution < 1.29 is 57.0 Å². The minimum Gasteiger partial charge on any atom is -0.479 e. The molecule has 32 nitrogen and oxygen atoms in total. The molecule has 9 N–H and O–H groups in total. The summed E-state index contributed by atoms with van der Waals surface area (Å²) >= 11 is 0. The Morgan fingerprint density at radius 1 is 0.537 bits per heavy atom. The van der Waals surface area contributed by atoms with Gasteiger partial charge in [0.05, 0.1) is 54.7 Å². The van der Waals surface area contributed by atoms with Crippen LogP contribution in [0.3, 0.4) is 0 Å². The first-order valence-electron chi connectivity index (χ1n) is 17.4. The van der Waals surface area contributed by atoms with Gasteiger partial charge in [-0.15, -0.1) is 20.5 Å². The summed E-state index contributed by atoms with van der Waals surface area (Å²) in [7, 11) is -20.2. The van der Waals surface area contributed by atoms with Gasteiger partial charge in [0.15, 0.2) is 34.6 Å². The molecule has 5 heterocycles. The largest absolute Gasteiger partial charge is 0.479 e. The average molecular weight is 998 g/mol. The van der Waals surface area contributed by atoms with Crippen molar-refractivity contribution in [3.05, 3.63) is 71.3 Å². The third-order valence-electron chi connectivity index (χ3n) is 8.73. The number of rotatable bonds is 12. The van der Waals surface area contributed by atoms with E-state index in [0.717, 1.165) is 55.4 Å². The molecule has 5 aromatic heterocycles. The summed E-state index contributed by atoms with van der Waals surface area (Å²) in [5.41, 5.74) is 11.0. The summed E-state index contributed by atoms with van der Waals surface area (Å²) in [6.45, 7) is 2.79. The first-order chi connectivity index (χ1) is 31.2. The van der Waals surface area contributed by atoms with Crippen molar-refractivity contribution in [1.29, 1.82) is 10.5 Å². The minimum atomic E-state index is -5.05. The predicted molar refractivity (Wildman–Crippen MR) is 218 cm³/mol. The van der Waals surface area contributed by atoms with E-state index in [9.17, 15) is 67.5 Å².